The normalized spacial score (nSPS) is 20.0. The van der Waals surface area contributed by atoms with Gasteiger partial charge in [0.25, 0.3) is 0 Å². The van der Waals surface area contributed by atoms with Crippen LogP contribution in [0.15, 0.2) is 42.5 Å². The number of aliphatic hydroxyl groups is 1. The molecule has 0 aromatic heterocycles. The molecular formula is C22H27NO5. The van der Waals surface area contributed by atoms with E-state index < -0.39 is 18.0 Å². The van der Waals surface area contributed by atoms with Crippen LogP contribution >= 0.6 is 0 Å². The van der Waals surface area contributed by atoms with Crippen LogP contribution in [0.5, 0.6) is 11.5 Å². The minimum absolute atomic E-state index is 0.335. The lowest BCUT2D eigenvalue weighted by molar-refractivity contribution is -0.149. The molecule has 0 spiro atoms. The number of hydrogen-bond donors (Lipinski definition) is 2. The van der Waals surface area contributed by atoms with E-state index in [1.165, 1.54) is 5.56 Å². The number of likely N-dealkylation sites (tertiary alicyclic amines) is 1. The fraction of sp³-hybridized carbons (Fsp3) is 0.409. The van der Waals surface area contributed by atoms with Gasteiger partial charge in [0.1, 0.15) is 6.61 Å². The Balaban J connectivity index is 1.69. The highest BCUT2D eigenvalue weighted by molar-refractivity contribution is 5.71. The Kier molecular flexibility index (Phi) is 6.54. The van der Waals surface area contributed by atoms with Crippen LogP contribution < -0.4 is 9.47 Å². The van der Waals surface area contributed by atoms with Gasteiger partial charge in [-0.15, -0.1) is 0 Å². The molecule has 2 N–H and O–H groups in total. The molecule has 3 rings (SSSR count). The number of ether oxygens (including phenoxy) is 2. The minimum atomic E-state index is -0.950. The maximum absolute atomic E-state index is 11.3. The molecule has 2 aromatic carbocycles. The number of nitrogens with zero attached hydrogens (tertiary/aromatic N) is 1. The maximum atomic E-state index is 11.3. The van der Waals surface area contributed by atoms with E-state index in [1.807, 2.05) is 43.3 Å². The highest BCUT2D eigenvalue weighted by Gasteiger charge is 2.33. The van der Waals surface area contributed by atoms with Gasteiger partial charge in [-0.1, -0.05) is 35.9 Å². The molecule has 28 heavy (non-hydrogen) atoms. The minimum Gasteiger partial charge on any atom is -0.493 e. The Bertz CT molecular complexity index is 822. The molecule has 1 fully saturated rings. The zero-order valence-electron chi connectivity index (χ0n) is 16.3. The third-order valence-electron chi connectivity index (χ3n) is 5.09. The first kappa shape index (κ1) is 20.2. The van der Waals surface area contributed by atoms with Gasteiger partial charge in [0.15, 0.2) is 11.5 Å². The smallest absolute Gasteiger partial charge is 0.310 e. The molecule has 1 aliphatic rings. The average Bonchev–Trinajstić information content (AvgIpc) is 2.68. The summed E-state index contributed by atoms with van der Waals surface area (Å²) in [5.41, 5.74) is 3.28. The summed E-state index contributed by atoms with van der Waals surface area (Å²) in [6.45, 7) is 4.09. The van der Waals surface area contributed by atoms with Crippen LogP contribution in [0.1, 0.15) is 23.1 Å². The Hall–Kier alpha value is -2.57. The Labute approximate surface area is 165 Å². The van der Waals surface area contributed by atoms with E-state index in [9.17, 15) is 15.0 Å². The number of aliphatic carboxylic acids is 1. The van der Waals surface area contributed by atoms with Gasteiger partial charge in [0.05, 0.1) is 19.1 Å². The molecule has 150 valence electrons. The van der Waals surface area contributed by atoms with Crippen LogP contribution in [-0.4, -0.2) is 47.4 Å². The number of hydrogen-bond acceptors (Lipinski definition) is 5. The van der Waals surface area contributed by atoms with Crippen molar-refractivity contribution in [3.8, 4) is 11.5 Å². The quantitative estimate of drug-likeness (QED) is 0.763. The largest absolute Gasteiger partial charge is 0.493 e. The first-order valence-electron chi connectivity index (χ1n) is 9.44. The predicted octanol–water partition coefficient (Wildman–Crippen LogP) is 2.85. The molecule has 0 aliphatic carbocycles. The van der Waals surface area contributed by atoms with Crippen LogP contribution in [0.4, 0.5) is 0 Å². The molecule has 1 heterocycles. The van der Waals surface area contributed by atoms with Crippen molar-refractivity contribution in [1.29, 1.82) is 0 Å². The third kappa shape index (κ3) is 5.03. The van der Waals surface area contributed by atoms with E-state index >= 15 is 0 Å². The van der Waals surface area contributed by atoms with Crippen molar-refractivity contribution in [1.82, 2.24) is 4.90 Å². The number of piperidine rings is 1. The van der Waals surface area contributed by atoms with Crippen molar-refractivity contribution in [3.05, 3.63) is 59.2 Å². The Morgan fingerprint density at radius 1 is 1.18 bits per heavy atom. The number of methoxy groups -OCH3 is 1. The lowest BCUT2D eigenvalue weighted by Crippen LogP contribution is -2.46. The topological polar surface area (TPSA) is 79.2 Å². The second kappa shape index (κ2) is 9.08. The zero-order valence-corrected chi connectivity index (χ0v) is 16.3. The average molecular weight is 385 g/mol. The van der Waals surface area contributed by atoms with Gasteiger partial charge in [-0.3, -0.25) is 9.69 Å². The van der Waals surface area contributed by atoms with Crippen molar-refractivity contribution in [2.24, 2.45) is 5.92 Å². The summed E-state index contributed by atoms with van der Waals surface area (Å²) < 4.78 is 11.4. The number of aliphatic hydroxyl groups excluding tert-OH is 1. The van der Waals surface area contributed by atoms with Gasteiger partial charge >= 0.3 is 5.97 Å². The molecule has 0 saturated carbocycles. The van der Waals surface area contributed by atoms with E-state index in [0.717, 1.165) is 11.1 Å². The van der Waals surface area contributed by atoms with E-state index in [2.05, 4.69) is 11.0 Å². The van der Waals surface area contributed by atoms with E-state index in [1.54, 1.807) is 7.11 Å². The molecule has 6 nitrogen and oxygen atoms in total. The SMILES string of the molecule is COc1ccc(CN2CC[C@H](O)[C@@H](C(=O)O)C2)cc1OCc1cccc(C)c1. The van der Waals surface area contributed by atoms with Crippen LogP contribution in [0.2, 0.25) is 0 Å². The lowest BCUT2D eigenvalue weighted by atomic mass is 9.94. The molecule has 2 atom stereocenters. The lowest BCUT2D eigenvalue weighted by Gasteiger charge is -2.34. The summed E-state index contributed by atoms with van der Waals surface area (Å²) in [4.78, 5) is 13.4. The van der Waals surface area contributed by atoms with Gasteiger partial charge in [-0.05, 0) is 36.6 Å². The van der Waals surface area contributed by atoms with E-state index in [0.29, 0.717) is 44.2 Å². The number of aryl methyl sites for hydroxylation is 1. The van der Waals surface area contributed by atoms with Crippen LogP contribution in [0, 0.1) is 12.8 Å². The van der Waals surface area contributed by atoms with Gasteiger partial charge in [0.2, 0.25) is 0 Å². The van der Waals surface area contributed by atoms with Crippen LogP contribution in [0.3, 0.4) is 0 Å². The molecule has 1 saturated heterocycles. The molecule has 6 heteroatoms. The van der Waals surface area contributed by atoms with Crippen molar-refractivity contribution >= 4 is 5.97 Å². The summed E-state index contributed by atoms with van der Waals surface area (Å²) >= 11 is 0. The first-order valence-corrected chi connectivity index (χ1v) is 9.44. The molecular weight excluding hydrogens is 358 g/mol. The zero-order chi connectivity index (χ0) is 20.1. The fourth-order valence-corrected chi connectivity index (χ4v) is 3.55. The van der Waals surface area contributed by atoms with Gasteiger partial charge < -0.3 is 19.7 Å². The molecule has 0 bridgehead atoms. The summed E-state index contributed by atoms with van der Waals surface area (Å²) in [5, 5.41) is 19.2. The number of carboxylic acid groups (broad SMARTS) is 1. The third-order valence-corrected chi connectivity index (χ3v) is 5.09. The predicted molar refractivity (Wildman–Crippen MR) is 106 cm³/mol. The second-order valence-corrected chi connectivity index (χ2v) is 7.30. The van der Waals surface area contributed by atoms with E-state index in [4.69, 9.17) is 9.47 Å². The molecule has 0 amide bonds. The number of carboxylic acids is 1. The summed E-state index contributed by atoms with van der Waals surface area (Å²) in [5.74, 6) is -0.375. The summed E-state index contributed by atoms with van der Waals surface area (Å²) in [7, 11) is 1.61. The highest BCUT2D eigenvalue weighted by Crippen LogP contribution is 2.30. The molecule has 0 radical (unpaired) electrons. The van der Waals surface area contributed by atoms with Crippen molar-refractivity contribution in [2.75, 3.05) is 20.2 Å². The van der Waals surface area contributed by atoms with Crippen molar-refractivity contribution in [3.63, 3.8) is 0 Å². The number of benzene rings is 2. The maximum Gasteiger partial charge on any atom is 0.310 e. The monoisotopic (exact) mass is 385 g/mol. The van der Waals surface area contributed by atoms with Crippen LogP contribution in [0.25, 0.3) is 0 Å². The van der Waals surface area contributed by atoms with Crippen LogP contribution in [-0.2, 0) is 17.9 Å². The Morgan fingerprint density at radius 3 is 2.71 bits per heavy atom. The summed E-state index contributed by atoms with van der Waals surface area (Å²) in [6.07, 6.45) is -0.318. The van der Waals surface area contributed by atoms with Crippen molar-refractivity contribution in [2.45, 2.75) is 32.6 Å². The number of carbonyl (C=O) groups is 1. The number of rotatable bonds is 7. The highest BCUT2D eigenvalue weighted by atomic mass is 16.5. The van der Waals surface area contributed by atoms with Gasteiger partial charge in [0, 0.05) is 19.6 Å². The van der Waals surface area contributed by atoms with Gasteiger partial charge in [-0.25, -0.2) is 0 Å². The fourth-order valence-electron chi connectivity index (χ4n) is 3.55. The van der Waals surface area contributed by atoms with E-state index in [-0.39, 0.29) is 0 Å². The standard InChI is InChI=1S/C22H27NO5/c1-15-4-3-5-17(10-15)14-28-21-11-16(6-7-20(21)27-2)12-23-9-8-19(24)18(13-23)22(25)26/h3-7,10-11,18-19,24H,8-9,12-14H2,1-2H3,(H,25,26)/t18-,19-/m0/s1. The van der Waals surface area contributed by atoms with Crippen molar-refractivity contribution < 1.29 is 24.5 Å². The molecule has 2 aromatic rings. The summed E-state index contributed by atoms with van der Waals surface area (Å²) in [6, 6.07) is 13.9. The Morgan fingerprint density at radius 2 is 2.00 bits per heavy atom. The first-order chi connectivity index (χ1) is 13.5. The van der Waals surface area contributed by atoms with Gasteiger partial charge in [-0.2, -0.15) is 0 Å². The second-order valence-electron chi connectivity index (χ2n) is 7.30. The molecule has 0 unspecified atom stereocenters. The molecule has 1 aliphatic heterocycles.